The fourth-order valence-electron chi connectivity index (χ4n) is 0.632. The van der Waals surface area contributed by atoms with Crippen LogP contribution in [0.4, 0.5) is 0 Å². The van der Waals surface area contributed by atoms with Crippen LogP contribution in [-0.2, 0) is 9.59 Å². The van der Waals surface area contributed by atoms with Crippen molar-refractivity contribution >= 4 is 23.8 Å². The summed E-state index contributed by atoms with van der Waals surface area (Å²) in [5.74, 6) is -1.32. The highest BCUT2D eigenvalue weighted by atomic mass is 32.2. The van der Waals surface area contributed by atoms with Crippen molar-refractivity contribution in [1.29, 1.82) is 0 Å². The first kappa shape index (κ1) is 12.8. The summed E-state index contributed by atoms with van der Waals surface area (Å²) in [6.07, 6.45) is 1.28. The zero-order chi connectivity index (χ0) is 11.0. The zero-order valence-electron chi connectivity index (χ0n) is 7.74. The van der Waals surface area contributed by atoms with Gasteiger partial charge < -0.3 is 15.7 Å². The Kier molecular flexibility index (Phi) is 6.59. The number of likely N-dealkylation sites (N-methyl/N-ethyl adjacent to an activating group) is 1. The third-order valence-electron chi connectivity index (χ3n) is 1.17. The Morgan fingerprint density at radius 3 is 2.64 bits per heavy atom. The van der Waals surface area contributed by atoms with E-state index in [9.17, 15) is 9.59 Å². The van der Waals surface area contributed by atoms with Crippen LogP contribution >= 0.6 is 11.9 Å². The first-order valence-corrected chi connectivity index (χ1v) is 4.80. The van der Waals surface area contributed by atoms with Gasteiger partial charge in [0.2, 0.25) is 0 Å². The number of carboxylic acids is 1. The molecule has 0 radical (unpaired) electrons. The minimum atomic E-state index is -1.00. The van der Waals surface area contributed by atoms with E-state index in [-0.39, 0.29) is 17.4 Å². The van der Waals surface area contributed by atoms with Crippen molar-refractivity contribution in [3.05, 3.63) is 11.1 Å². The molecule has 0 unspecified atom stereocenters. The van der Waals surface area contributed by atoms with E-state index in [0.717, 1.165) is 11.9 Å². The maximum absolute atomic E-state index is 11.2. The summed E-state index contributed by atoms with van der Waals surface area (Å²) in [7, 11) is 0. The average Bonchev–Trinajstić information content (AvgIpc) is 2.12. The number of aliphatic carboxylic acids is 1. The molecule has 0 saturated heterocycles. The van der Waals surface area contributed by atoms with E-state index in [1.165, 1.54) is 6.20 Å². The molecule has 0 aromatic heterocycles. The third kappa shape index (κ3) is 5.44. The van der Waals surface area contributed by atoms with Crippen LogP contribution in [0, 0.1) is 0 Å². The van der Waals surface area contributed by atoms with Crippen molar-refractivity contribution in [2.75, 3.05) is 13.1 Å². The second-order valence-corrected chi connectivity index (χ2v) is 2.94. The Morgan fingerprint density at radius 1 is 1.57 bits per heavy atom. The number of rotatable bonds is 6. The maximum atomic E-state index is 11.2. The summed E-state index contributed by atoms with van der Waals surface area (Å²) < 4.78 is 0. The number of amides is 1. The first-order chi connectivity index (χ1) is 6.61. The molecule has 0 fully saturated rings. The first-order valence-electron chi connectivity index (χ1n) is 3.92. The van der Waals surface area contributed by atoms with E-state index in [1.54, 1.807) is 6.92 Å². The van der Waals surface area contributed by atoms with Gasteiger partial charge in [0.1, 0.15) is 11.4 Å². The van der Waals surface area contributed by atoms with Crippen LogP contribution in [0.1, 0.15) is 6.92 Å². The monoisotopic (exact) mass is 219 g/mol. The van der Waals surface area contributed by atoms with Gasteiger partial charge in [-0.05, 0) is 18.9 Å². The van der Waals surface area contributed by atoms with E-state index >= 15 is 0 Å². The molecule has 0 heterocycles. The molecule has 0 rings (SSSR count). The zero-order valence-corrected chi connectivity index (χ0v) is 8.56. The van der Waals surface area contributed by atoms with Gasteiger partial charge in [-0.1, -0.05) is 0 Å². The summed E-state index contributed by atoms with van der Waals surface area (Å²) in [4.78, 5) is 21.6. The molecule has 0 bridgehead atoms. The highest BCUT2D eigenvalue weighted by Crippen LogP contribution is 2.05. The molecule has 0 aliphatic rings. The lowest BCUT2D eigenvalue weighted by Crippen LogP contribution is -2.26. The van der Waals surface area contributed by atoms with E-state index in [4.69, 9.17) is 10.2 Å². The molecule has 5 N–H and O–H groups in total. The minimum absolute atomic E-state index is 0.244. The second-order valence-electron chi connectivity index (χ2n) is 2.26. The molecular weight excluding hydrogens is 206 g/mol. The third-order valence-corrected chi connectivity index (χ3v) is 1.73. The Morgan fingerprint density at radius 2 is 2.21 bits per heavy atom. The van der Waals surface area contributed by atoms with E-state index < -0.39 is 5.97 Å². The number of hydrogen-bond donors (Lipinski definition) is 4. The van der Waals surface area contributed by atoms with Crippen LogP contribution < -0.4 is 15.8 Å². The second kappa shape index (κ2) is 7.22. The van der Waals surface area contributed by atoms with Crippen LogP contribution in [0.2, 0.25) is 0 Å². The summed E-state index contributed by atoms with van der Waals surface area (Å²) in [5, 5.41) is 18.5. The predicted octanol–water partition coefficient (Wildman–Crippen LogP) is -0.755. The number of hydrogen-bond acceptors (Lipinski definition) is 5. The smallest absolute Gasteiger partial charge is 0.322 e. The Labute approximate surface area is 86.1 Å². The number of carbonyl (C=O) groups excluding carboxylic acids is 1. The molecule has 0 aromatic rings. The number of nitrogens with one attached hydrogen (secondary N) is 2. The quantitative estimate of drug-likeness (QED) is 0.346. The lowest BCUT2D eigenvalue weighted by molar-refractivity contribution is -0.135. The van der Waals surface area contributed by atoms with Gasteiger partial charge in [-0.3, -0.25) is 14.7 Å². The number of carbonyl (C=O) groups is 2. The molecule has 80 valence electrons. The summed E-state index contributed by atoms with van der Waals surface area (Å²) in [5.41, 5.74) is 0. The van der Waals surface area contributed by atoms with Gasteiger partial charge in [0.25, 0.3) is 5.91 Å². The fourth-order valence-corrected chi connectivity index (χ4v) is 0.962. The summed E-state index contributed by atoms with van der Waals surface area (Å²) >= 11 is 0.763. The van der Waals surface area contributed by atoms with Crippen LogP contribution in [0.3, 0.4) is 0 Å². The molecular formula is C7H13N3O3S. The number of nitrogens with two attached hydrogens (primary N) is 1. The van der Waals surface area contributed by atoms with Gasteiger partial charge in [-0.25, -0.2) is 0 Å². The van der Waals surface area contributed by atoms with Crippen molar-refractivity contribution in [1.82, 2.24) is 10.6 Å². The van der Waals surface area contributed by atoms with Gasteiger partial charge in [0, 0.05) is 12.7 Å². The van der Waals surface area contributed by atoms with Crippen molar-refractivity contribution in [2.45, 2.75) is 6.92 Å². The molecule has 0 saturated carbocycles. The Balaban J connectivity index is 4.10. The fraction of sp³-hybridized carbons (Fsp3) is 0.429. The van der Waals surface area contributed by atoms with E-state index in [1.807, 2.05) is 0 Å². The van der Waals surface area contributed by atoms with Gasteiger partial charge in [0.05, 0.1) is 0 Å². The van der Waals surface area contributed by atoms with Crippen LogP contribution in [0.25, 0.3) is 0 Å². The average molecular weight is 219 g/mol. The van der Waals surface area contributed by atoms with E-state index in [2.05, 4.69) is 10.6 Å². The molecule has 0 spiro atoms. The molecule has 6 nitrogen and oxygen atoms in total. The largest absolute Gasteiger partial charge is 0.480 e. The van der Waals surface area contributed by atoms with Gasteiger partial charge in [-0.2, -0.15) is 0 Å². The molecule has 7 heteroatoms. The SMILES string of the molecule is CCNC(=O)/C(=C/NCC(=O)O)SN. The standard InChI is InChI=1S/C7H13N3O3S/c1-2-10-7(13)5(14-8)3-9-4-6(11)12/h3,9H,2,4,8H2,1H3,(H,10,13)(H,11,12)/b5-3-. The normalized spacial score (nSPS) is 10.9. The maximum Gasteiger partial charge on any atom is 0.322 e. The van der Waals surface area contributed by atoms with Crippen molar-refractivity contribution < 1.29 is 14.7 Å². The van der Waals surface area contributed by atoms with Gasteiger partial charge in [0.15, 0.2) is 0 Å². The summed E-state index contributed by atoms with van der Waals surface area (Å²) in [6.45, 7) is 2.03. The van der Waals surface area contributed by atoms with Crippen molar-refractivity contribution in [3.8, 4) is 0 Å². The van der Waals surface area contributed by atoms with Crippen molar-refractivity contribution in [3.63, 3.8) is 0 Å². The number of carboxylic acid groups (broad SMARTS) is 1. The molecule has 1 amide bonds. The van der Waals surface area contributed by atoms with Gasteiger partial charge >= 0.3 is 5.97 Å². The Hall–Kier alpha value is -1.21. The molecule has 0 aliphatic carbocycles. The summed E-state index contributed by atoms with van der Waals surface area (Å²) in [6, 6.07) is 0. The lowest BCUT2D eigenvalue weighted by atomic mass is 10.5. The van der Waals surface area contributed by atoms with Gasteiger partial charge in [-0.15, -0.1) is 0 Å². The molecule has 0 atom stereocenters. The Bertz CT molecular complexity index is 242. The van der Waals surface area contributed by atoms with Crippen LogP contribution in [0.15, 0.2) is 11.1 Å². The minimum Gasteiger partial charge on any atom is -0.480 e. The highest BCUT2D eigenvalue weighted by Gasteiger charge is 2.06. The van der Waals surface area contributed by atoms with Crippen LogP contribution in [0.5, 0.6) is 0 Å². The molecule has 0 aliphatic heterocycles. The molecule has 0 aromatic carbocycles. The molecule has 14 heavy (non-hydrogen) atoms. The lowest BCUT2D eigenvalue weighted by Gasteiger charge is -2.04. The highest BCUT2D eigenvalue weighted by molar-refractivity contribution is 8.01. The van der Waals surface area contributed by atoms with Crippen LogP contribution in [-0.4, -0.2) is 30.1 Å². The van der Waals surface area contributed by atoms with E-state index in [0.29, 0.717) is 6.54 Å². The van der Waals surface area contributed by atoms with Crippen molar-refractivity contribution in [2.24, 2.45) is 5.14 Å². The topological polar surface area (TPSA) is 104 Å². The predicted molar refractivity (Wildman–Crippen MR) is 54.2 cm³/mol.